The van der Waals surface area contributed by atoms with E-state index in [0.717, 1.165) is 25.7 Å². The second kappa shape index (κ2) is 6.20. The smallest absolute Gasteiger partial charge is 0.0166 e. The number of nitrogens with one attached hydrogen (secondary N) is 1. The highest BCUT2D eigenvalue weighted by molar-refractivity contribution is 4.90. The summed E-state index contributed by atoms with van der Waals surface area (Å²) < 4.78 is 0. The molecule has 0 radical (unpaired) electrons. The van der Waals surface area contributed by atoms with Gasteiger partial charge < -0.3 is 5.32 Å². The lowest BCUT2D eigenvalue weighted by atomic mass is 10.2. The maximum atomic E-state index is 3.83. The molecule has 1 unspecified atom stereocenters. The van der Waals surface area contributed by atoms with Gasteiger partial charge in [-0.1, -0.05) is 13.0 Å². The lowest BCUT2D eigenvalue weighted by Crippen LogP contribution is -2.37. The van der Waals surface area contributed by atoms with Crippen LogP contribution in [0, 0.1) is 0 Å². The van der Waals surface area contributed by atoms with Crippen molar-refractivity contribution in [3.05, 3.63) is 12.7 Å². The molecule has 1 aliphatic rings. The molecule has 0 saturated heterocycles. The molecule has 0 aromatic carbocycles. The Balaban J connectivity index is 2.22. The van der Waals surface area contributed by atoms with E-state index in [1.54, 1.807) is 0 Å². The van der Waals surface area contributed by atoms with E-state index < -0.39 is 0 Å². The SMILES string of the molecule is C=CCN(C(C)CCNCC)C1CC1. The fraction of sp³-hybridized carbons (Fsp3) is 0.833. The molecule has 0 heterocycles. The Hall–Kier alpha value is -0.340. The zero-order valence-electron chi connectivity index (χ0n) is 9.63. The fourth-order valence-corrected chi connectivity index (χ4v) is 1.90. The quantitative estimate of drug-likeness (QED) is 0.472. The van der Waals surface area contributed by atoms with Gasteiger partial charge >= 0.3 is 0 Å². The van der Waals surface area contributed by atoms with Crippen molar-refractivity contribution in [2.24, 2.45) is 0 Å². The first-order valence-corrected chi connectivity index (χ1v) is 5.87. The molecular formula is C12H24N2. The van der Waals surface area contributed by atoms with Crippen LogP contribution in [0.2, 0.25) is 0 Å². The standard InChI is InChI=1S/C12H24N2/c1-4-10-14(12-6-7-12)11(3)8-9-13-5-2/h4,11-13H,1,5-10H2,2-3H3. The third kappa shape index (κ3) is 3.81. The Kier molecular flexibility index (Phi) is 5.20. The maximum Gasteiger partial charge on any atom is 0.0166 e. The van der Waals surface area contributed by atoms with Crippen LogP contribution < -0.4 is 5.32 Å². The van der Waals surface area contributed by atoms with E-state index >= 15 is 0 Å². The summed E-state index contributed by atoms with van der Waals surface area (Å²) in [5, 5.41) is 3.38. The van der Waals surface area contributed by atoms with Gasteiger partial charge in [0.15, 0.2) is 0 Å². The summed E-state index contributed by atoms with van der Waals surface area (Å²) in [6.07, 6.45) is 6.05. The summed E-state index contributed by atoms with van der Waals surface area (Å²) >= 11 is 0. The van der Waals surface area contributed by atoms with Crippen molar-refractivity contribution < 1.29 is 0 Å². The molecule has 1 N–H and O–H groups in total. The molecule has 0 amide bonds. The van der Waals surface area contributed by atoms with Crippen molar-refractivity contribution >= 4 is 0 Å². The zero-order valence-corrected chi connectivity index (χ0v) is 9.63. The van der Waals surface area contributed by atoms with Gasteiger partial charge in [-0.2, -0.15) is 0 Å². The molecule has 0 aromatic heterocycles. The van der Waals surface area contributed by atoms with E-state index in [1.807, 2.05) is 6.08 Å². The van der Waals surface area contributed by atoms with Crippen molar-refractivity contribution in [1.82, 2.24) is 10.2 Å². The number of rotatable bonds is 8. The Morgan fingerprint density at radius 3 is 2.79 bits per heavy atom. The molecule has 1 rings (SSSR count). The third-order valence-electron chi connectivity index (χ3n) is 2.91. The second-order valence-corrected chi connectivity index (χ2v) is 4.21. The van der Waals surface area contributed by atoms with Crippen LogP contribution in [0.4, 0.5) is 0 Å². The monoisotopic (exact) mass is 196 g/mol. The second-order valence-electron chi connectivity index (χ2n) is 4.21. The van der Waals surface area contributed by atoms with Crippen LogP contribution >= 0.6 is 0 Å². The Bertz CT molecular complexity index is 164. The van der Waals surface area contributed by atoms with E-state index in [0.29, 0.717) is 6.04 Å². The van der Waals surface area contributed by atoms with Crippen molar-refractivity contribution in [2.45, 2.75) is 45.2 Å². The van der Waals surface area contributed by atoms with Gasteiger partial charge in [-0.3, -0.25) is 4.90 Å². The van der Waals surface area contributed by atoms with Crippen molar-refractivity contribution in [1.29, 1.82) is 0 Å². The first kappa shape index (κ1) is 11.7. The zero-order chi connectivity index (χ0) is 10.4. The molecule has 0 aliphatic heterocycles. The molecule has 1 saturated carbocycles. The van der Waals surface area contributed by atoms with E-state index in [2.05, 4.69) is 30.6 Å². The molecule has 14 heavy (non-hydrogen) atoms. The van der Waals surface area contributed by atoms with Gasteiger partial charge in [0.05, 0.1) is 0 Å². The molecule has 1 fully saturated rings. The number of hydrogen-bond acceptors (Lipinski definition) is 2. The van der Waals surface area contributed by atoms with Gasteiger partial charge in [0, 0.05) is 18.6 Å². The van der Waals surface area contributed by atoms with Gasteiger partial charge in [-0.15, -0.1) is 6.58 Å². The number of hydrogen-bond donors (Lipinski definition) is 1. The Morgan fingerprint density at radius 2 is 2.29 bits per heavy atom. The summed E-state index contributed by atoms with van der Waals surface area (Å²) in [4.78, 5) is 2.59. The van der Waals surface area contributed by atoms with Crippen LogP contribution in [0.3, 0.4) is 0 Å². The van der Waals surface area contributed by atoms with Crippen LogP contribution in [-0.4, -0.2) is 36.6 Å². The average molecular weight is 196 g/mol. The minimum Gasteiger partial charge on any atom is -0.317 e. The Labute approximate surface area is 88.4 Å². The Morgan fingerprint density at radius 1 is 1.57 bits per heavy atom. The molecule has 0 aromatic rings. The highest BCUT2D eigenvalue weighted by Gasteiger charge is 2.30. The first-order valence-electron chi connectivity index (χ1n) is 5.87. The van der Waals surface area contributed by atoms with Crippen molar-refractivity contribution in [2.75, 3.05) is 19.6 Å². The lowest BCUT2D eigenvalue weighted by molar-refractivity contribution is 0.210. The first-order chi connectivity index (χ1) is 6.79. The van der Waals surface area contributed by atoms with Gasteiger partial charge in [0.1, 0.15) is 0 Å². The lowest BCUT2D eigenvalue weighted by Gasteiger charge is -2.28. The van der Waals surface area contributed by atoms with Gasteiger partial charge in [-0.05, 0) is 39.3 Å². The number of nitrogens with zero attached hydrogens (tertiary/aromatic N) is 1. The van der Waals surface area contributed by atoms with Crippen LogP contribution in [0.15, 0.2) is 12.7 Å². The predicted octanol–water partition coefficient (Wildman–Crippen LogP) is 2.02. The van der Waals surface area contributed by atoms with E-state index in [1.165, 1.54) is 19.3 Å². The topological polar surface area (TPSA) is 15.3 Å². The van der Waals surface area contributed by atoms with E-state index in [9.17, 15) is 0 Å². The van der Waals surface area contributed by atoms with Gasteiger partial charge in [0.25, 0.3) is 0 Å². The molecule has 2 heteroatoms. The fourth-order valence-electron chi connectivity index (χ4n) is 1.90. The molecule has 0 spiro atoms. The normalized spacial score (nSPS) is 18.5. The van der Waals surface area contributed by atoms with Gasteiger partial charge in [0.2, 0.25) is 0 Å². The summed E-state index contributed by atoms with van der Waals surface area (Å²) in [6, 6.07) is 1.55. The summed E-state index contributed by atoms with van der Waals surface area (Å²) in [5.74, 6) is 0. The van der Waals surface area contributed by atoms with Crippen LogP contribution in [-0.2, 0) is 0 Å². The summed E-state index contributed by atoms with van der Waals surface area (Å²) in [6.45, 7) is 11.6. The van der Waals surface area contributed by atoms with Crippen LogP contribution in [0.25, 0.3) is 0 Å². The minimum atomic E-state index is 0.694. The van der Waals surface area contributed by atoms with Crippen molar-refractivity contribution in [3.8, 4) is 0 Å². The van der Waals surface area contributed by atoms with E-state index in [-0.39, 0.29) is 0 Å². The maximum absolute atomic E-state index is 3.83. The molecule has 82 valence electrons. The average Bonchev–Trinajstić information content (AvgIpc) is 2.98. The molecular weight excluding hydrogens is 172 g/mol. The van der Waals surface area contributed by atoms with Crippen LogP contribution in [0.1, 0.15) is 33.1 Å². The third-order valence-corrected chi connectivity index (χ3v) is 2.91. The molecule has 2 nitrogen and oxygen atoms in total. The van der Waals surface area contributed by atoms with Crippen LogP contribution in [0.5, 0.6) is 0 Å². The largest absolute Gasteiger partial charge is 0.317 e. The molecule has 1 atom stereocenters. The highest BCUT2D eigenvalue weighted by atomic mass is 15.2. The minimum absolute atomic E-state index is 0.694. The highest BCUT2D eigenvalue weighted by Crippen LogP contribution is 2.28. The predicted molar refractivity (Wildman–Crippen MR) is 62.5 cm³/mol. The van der Waals surface area contributed by atoms with Gasteiger partial charge in [-0.25, -0.2) is 0 Å². The summed E-state index contributed by atoms with van der Waals surface area (Å²) in [7, 11) is 0. The van der Waals surface area contributed by atoms with Crippen molar-refractivity contribution in [3.63, 3.8) is 0 Å². The molecule has 1 aliphatic carbocycles. The summed E-state index contributed by atoms with van der Waals surface area (Å²) in [5.41, 5.74) is 0. The molecule has 0 bridgehead atoms. The van der Waals surface area contributed by atoms with E-state index in [4.69, 9.17) is 0 Å².